The summed E-state index contributed by atoms with van der Waals surface area (Å²) in [5.74, 6) is 0.163. The lowest BCUT2D eigenvalue weighted by atomic mass is 10.3. The SMILES string of the molecule is CC1=C/C(=N\S(=O)(=O)c2ccc(N)cc2)NOC1. The van der Waals surface area contributed by atoms with Gasteiger partial charge >= 0.3 is 0 Å². The fourth-order valence-corrected chi connectivity index (χ4v) is 2.33. The summed E-state index contributed by atoms with van der Waals surface area (Å²) in [6, 6.07) is 5.85. The van der Waals surface area contributed by atoms with Crippen LogP contribution < -0.4 is 11.2 Å². The molecule has 0 spiro atoms. The fraction of sp³-hybridized carbons (Fsp3) is 0.182. The van der Waals surface area contributed by atoms with Crippen molar-refractivity contribution in [2.75, 3.05) is 12.3 Å². The van der Waals surface area contributed by atoms with Gasteiger partial charge in [0.05, 0.1) is 11.5 Å². The van der Waals surface area contributed by atoms with E-state index in [0.717, 1.165) is 5.57 Å². The Morgan fingerprint density at radius 2 is 2.00 bits per heavy atom. The van der Waals surface area contributed by atoms with E-state index in [1.807, 2.05) is 6.92 Å². The van der Waals surface area contributed by atoms with E-state index in [-0.39, 0.29) is 10.7 Å². The number of anilines is 1. The third-order valence-electron chi connectivity index (χ3n) is 2.26. The maximum atomic E-state index is 12.0. The Morgan fingerprint density at radius 3 is 2.61 bits per heavy atom. The van der Waals surface area contributed by atoms with Gasteiger partial charge in [-0.3, -0.25) is 4.84 Å². The Balaban J connectivity index is 2.35. The van der Waals surface area contributed by atoms with Gasteiger partial charge in [0.15, 0.2) is 5.84 Å². The molecule has 1 aromatic carbocycles. The van der Waals surface area contributed by atoms with Crippen molar-refractivity contribution in [3.05, 3.63) is 35.9 Å². The number of hydroxylamine groups is 1. The molecule has 6 nitrogen and oxygen atoms in total. The number of hydrogen-bond donors (Lipinski definition) is 2. The molecule has 0 saturated carbocycles. The van der Waals surface area contributed by atoms with Crippen LogP contribution in [0.15, 0.2) is 45.2 Å². The largest absolute Gasteiger partial charge is 0.399 e. The van der Waals surface area contributed by atoms with Gasteiger partial charge in [-0.1, -0.05) is 0 Å². The van der Waals surface area contributed by atoms with Gasteiger partial charge in [0, 0.05) is 5.69 Å². The molecule has 0 amide bonds. The number of nitrogens with two attached hydrogens (primary N) is 1. The molecule has 0 aromatic heterocycles. The first-order valence-electron chi connectivity index (χ1n) is 5.23. The number of amidine groups is 1. The molecule has 0 fully saturated rings. The highest BCUT2D eigenvalue weighted by Gasteiger charge is 2.15. The van der Waals surface area contributed by atoms with E-state index < -0.39 is 10.0 Å². The number of nitrogens with one attached hydrogen (secondary N) is 1. The summed E-state index contributed by atoms with van der Waals surface area (Å²) >= 11 is 0. The van der Waals surface area contributed by atoms with Gasteiger partial charge < -0.3 is 5.73 Å². The predicted molar refractivity (Wildman–Crippen MR) is 68.3 cm³/mol. The smallest absolute Gasteiger partial charge is 0.284 e. The molecule has 2 rings (SSSR count). The zero-order valence-electron chi connectivity index (χ0n) is 9.75. The zero-order valence-corrected chi connectivity index (χ0v) is 10.6. The number of nitrogens with zero attached hydrogens (tertiary/aromatic N) is 1. The second-order valence-corrected chi connectivity index (χ2v) is 5.51. The maximum Gasteiger partial charge on any atom is 0.284 e. The fourth-order valence-electron chi connectivity index (χ4n) is 1.40. The zero-order chi connectivity index (χ0) is 13.2. The Bertz CT molecular complexity index is 603. The van der Waals surface area contributed by atoms with Crippen molar-refractivity contribution < 1.29 is 13.3 Å². The van der Waals surface area contributed by atoms with Crippen LogP contribution in [0.1, 0.15) is 6.92 Å². The number of benzene rings is 1. The molecule has 96 valence electrons. The highest BCUT2D eigenvalue weighted by Crippen LogP contribution is 2.15. The van der Waals surface area contributed by atoms with Crippen molar-refractivity contribution in [2.24, 2.45) is 4.40 Å². The highest BCUT2D eigenvalue weighted by atomic mass is 32.2. The molecule has 1 heterocycles. The molecule has 18 heavy (non-hydrogen) atoms. The van der Waals surface area contributed by atoms with Crippen LogP contribution in [-0.2, 0) is 14.9 Å². The van der Waals surface area contributed by atoms with Gasteiger partial charge in [0.1, 0.15) is 0 Å². The van der Waals surface area contributed by atoms with Gasteiger partial charge in [-0.15, -0.1) is 4.40 Å². The summed E-state index contributed by atoms with van der Waals surface area (Å²) in [5.41, 5.74) is 9.34. The Morgan fingerprint density at radius 1 is 1.33 bits per heavy atom. The van der Waals surface area contributed by atoms with E-state index >= 15 is 0 Å². The van der Waals surface area contributed by atoms with Crippen molar-refractivity contribution in [2.45, 2.75) is 11.8 Å². The molecule has 3 N–H and O–H groups in total. The van der Waals surface area contributed by atoms with Crippen molar-refractivity contribution in [3.8, 4) is 0 Å². The van der Waals surface area contributed by atoms with Gasteiger partial charge in [-0.25, -0.2) is 5.48 Å². The van der Waals surface area contributed by atoms with E-state index in [1.54, 1.807) is 6.08 Å². The van der Waals surface area contributed by atoms with E-state index in [9.17, 15) is 8.42 Å². The molecule has 7 heteroatoms. The van der Waals surface area contributed by atoms with Crippen LogP contribution in [-0.4, -0.2) is 20.9 Å². The van der Waals surface area contributed by atoms with Crippen LogP contribution >= 0.6 is 0 Å². The minimum atomic E-state index is -3.75. The second kappa shape index (κ2) is 4.79. The predicted octanol–water partition coefficient (Wildman–Crippen LogP) is 0.837. The minimum absolute atomic E-state index is 0.0858. The average Bonchev–Trinajstić information content (AvgIpc) is 2.29. The number of hydrogen-bond acceptors (Lipinski definition) is 4. The van der Waals surface area contributed by atoms with E-state index in [4.69, 9.17) is 10.6 Å². The first kappa shape index (κ1) is 12.6. The summed E-state index contributed by atoms with van der Waals surface area (Å²) in [6.07, 6.45) is 1.62. The molecule has 1 aliphatic heterocycles. The van der Waals surface area contributed by atoms with Crippen LogP contribution in [0.5, 0.6) is 0 Å². The van der Waals surface area contributed by atoms with Crippen molar-refractivity contribution in [3.63, 3.8) is 0 Å². The number of rotatable bonds is 2. The topological polar surface area (TPSA) is 93.8 Å². The number of sulfonamides is 1. The van der Waals surface area contributed by atoms with Crippen LogP contribution in [0.4, 0.5) is 5.69 Å². The molecule has 0 aliphatic carbocycles. The minimum Gasteiger partial charge on any atom is -0.399 e. The third-order valence-corrected chi connectivity index (χ3v) is 3.56. The summed E-state index contributed by atoms with van der Waals surface area (Å²) in [5, 5.41) is 0. The Kier molecular flexibility index (Phi) is 3.35. The van der Waals surface area contributed by atoms with E-state index in [0.29, 0.717) is 12.3 Å². The average molecular weight is 267 g/mol. The molecule has 1 aliphatic rings. The standard InChI is InChI=1S/C11H13N3O3S/c1-8-6-11(13-17-7-8)14-18(15,16)10-4-2-9(12)3-5-10/h2-6H,7,12H2,1H3,(H,13,14). The molecule has 0 bridgehead atoms. The normalized spacial score (nSPS) is 18.3. The summed E-state index contributed by atoms with van der Waals surface area (Å²) in [7, 11) is -3.75. The van der Waals surface area contributed by atoms with Crippen molar-refractivity contribution in [1.82, 2.24) is 5.48 Å². The van der Waals surface area contributed by atoms with Gasteiger partial charge in [-0.2, -0.15) is 8.42 Å². The molecule has 0 radical (unpaired) electrons. The first-order valence-corrected chi connectivity index (χ1v) is 6.67. The summed E-state index contributed by atoms with van der Waals surface area (Å²) in [4.78, 5) is 5.05. The number of nitrogen functional groups attached to an aromatic ring is 1. The molecule has 0 unspecified atom stereocenters. The molecule has 1 aromatic rings. The lowest BCUT2D eigenvalue weighted by Crippen LogP contribution is -2.28. The Hall–Kier alpha value is -1.86. The van der Waals surface area contributed by atoms with Crippen molar-refractivity contribution >= 4 is 21.5 Å². The third kappa shape index (κ3) is 2.88. The molecular formula is C11H13N3O3S. The highest BCUT2D eigenvalue weighted by molar-refractivity contribution is 7.90. The lowest BCUT2D eigenvalue weighted by Gasteiger charge is -2.13. The molecule has 0 saturated heterocycles. The summed E-state index contributed by atoms with van der Waals surface area (Å²) in [6.45, 7) is 2.23. The monoisotopic (exact) mass is 267 g/mol. The summed E-state index contributed by atoms with van der Waals surface area (Å²) < 4.78 is 27.6. The second-order valence-electron chi connectivity index (χ2n) is 3.90. The maximum absolute atomic E-state index is 12.0. The van der Waals surface area contributed by atoms with Gasteiger partial charge in [-0.05, 0) is 42.8 Å². The van der Waals surface area contributed by atoms with E-state index in [1.165, 1.54) is 24.3 Å². The molecule has 0 atom stereocenters. The van der Waals surface area contributed by atoms with Gasteiger partial charge in [0.2, 0.25) is 0 Å². The quantitative estimate of drug-likeness (QED) is 0.774. The van der Waals surface area contributed by atoms with Crippen LogP contribution in [0.3, 0.4) is 0 Å². The van der Waals surface area contributed by atoms with Crippen LogP contribution in [0, 0.1) is 0 Å². The Labute approximate surface area is 105 Å². The first-order chi connectivity index (χ1) is 8.47. The van der Waals surface area contributed by atoms with Gasteiger partial charge in [0.25, 0.3) is 10.0 Å². The lowest BCUT2D eigenvalue weighted by molar-refractivity contribution is 0.101. The van der Waals surface area contributed by atoms with Crippen LogP contribution in [0.25, 0.3) is 0 Å². The molecular weight excluding hydrogens is 254 g/mol. The van der Waals surface area contributed by atoms with Crippen LogP contribution in [0.2, 0.25) is 0 Å². The van der Waals surface area contributed by atoms with Crippen molar-refractivity contribution in [1.29, 1.82) is 0 Å². The van der Waals surface area contributed by atoms with E-state index in [2.05, 4.69) is 9.88 Å².